The van der Waals surface area contributed by atoms with Gasteiger partial charge in [0, 0.05) is 88.7 Å². The van der Waals surface area contributed by atoms with Gasteiger partial charge in [-0.25, -0.2) is 4.39 Å². The molecule has 25 rings (SSSR count). The monoisotopic (exact) mass is 1730 g/mol. The van der Waals surface area contributed by atoms with E-state index in [1.165, 1.54) is 160 Å². The molecule has 21 aromatic carbocycles. The molecule has 0 radical (unpaired) electrons. The lowest BCUT2D eigenvalue weighted by Crippen LogP contribution is -2.16. The highest BCUT2D eigenvalue weighted by atomic mass is 19.1. The van der Waals surface area contributed by atoms with Gasteiger partial charge >= 0.3 is 0 Å². The number of rotatable bonds is 16. The molecule has 0 saturated carbocycles. The van der Waals surface area contributed by atoms with Crippen LogP contribution in [0.15, 0.2) is 491 Å². The zero-order valence-corrected chi connectivity index (χ0v) is 75.4. The zero-order valence-electron chi connectivity index (χ0n) is 75.4. The molecule has 640 valence electrons. The molecule has 23 aromatic rings. The van der Waals surface area contributed by atoms with Gasteiger partial charge in [-0.3, -0.25) is 0 Å². The molecule has 0 saturated heterocycles. The van der Waals surface area contributed by atoms with Gasteiger partial charge in [-0.15, -0.1) is 0 Å². The molecule has 2 aliphatic carbocycles. The third-order valence-electron chi connectivity index (χ3n) is 28.2. The summed E-state index contributed by atoms with van der Waals surface area (Å²) >= 11 is 0. The first kappa shape index (κ1) is 81.3. The van der Waals surface area contributed by atoms with Gasteiger partial charge < -0.3 is 18.9 Å². The standard InChI is InChI=1S/C67H48N2.C63H45FN2/c1-67(2)61-31-17-16-29-56(61)57-42-41-53(43-62(57)67)68(63-32-18-26-47-21-12-13-27-54(47)63)51-39-35-48(36-40-51)59-44-60-64(49-22-8-4-9-23-49)65(50-24-10-5-11-25-50)69(66(60)58-30-15-14-28-55(58)59)52-37-33-46(34-38-52)45-19-6-3-7-20-45;1-63(2)58-25-15-14-23-53(58)54-39-38-51(40-59(54)63)65(49-36-30-47(64)31-37-49)48-34-28-44(29-35-48)56-41-57-60(45-18-8-4-9-19-45)61(46-20-10-5-11-21-46)66(62(57)55-24-13-12-22-52(55)56)50-32-26-43(27-33-50)42-16-6-3-7-17-42/h3-44H,1-2H3;3-41H,1-2H3. The van der Waals surface area contributed by atoms with Gasteiger partial charge in [-0.1, -0.05) is 404 Å². The van der Waals surface area contributed by atoms with Crippen LogP contribution in [0.5, 0.6) is 0 Å². The molecule has 2 heterocycles. The lowest BCUT2D eigenvalue weighted by atomic mass is 9.82. The Balaban J connectivity index is 0.000000148. The molecule has 135 heavy (non-hydrogen) atoms. The summed E-state index contributed by atoms with van der Waals surface area (Å²) in [5.74, 6) is -0.259. The number of benzene rings is 21. The molecule has 0 unspecified atom stereocenters. The van der Waals surface area contributed by atoms with E-state index in [1.807, 2.05) is 12.1 Å². The van der Waals surface area contributed by atoms with E-state index in [2.05, 4.69) is 514 Å². The van der Waals surface area contributed by atoms with E-state index >= 15 is 0 Å². The van der Waals surface area contributed by atoms with Crippen molar-refractivity contribution >= 4 is 88.2 Å². The van der Waals surface area contributed by atoms with Crippen molar-refractivity contribution in [2.75, 3.05) is 9.80 Å². The SMILES string of the molecule is CC1(C)c2ccccc2-c2ccc(N(c3ccc(-c4cc5c(-c6ccccc6)c(-c6ccccc6)n(-c6ccc(-c7ccccc7)cc6)c5c5ccccc45)cc3)c3cccc4ccccc34)cc21.CC1(C)c2ccccc2-c2ccc(N(c3ccc(F)cc3)c3ccc(-c4cc5c(-c6ccccc6)c(-c6ccccc6)n(-c6ccc(-c7ccccc7)cc6)c5c5ccccc45)cc3)cc21. The molecule has 0 N–H and O–H groups in total. The van der Waals surface area contributed by atoms with Crippen molar-refractivity contribution in [2.24, 2.45) is 0 Å². The molecule has 0 spiro atoms. The van der Waals surface area contributed by atoms with Crippen LogP contribution >= 0.6 is 0 Å². The van der Waals surface area contributed by atoms with Crippen LogP contribution in [0.1, 0.15) is 49.9 Å². The molecule has 5 heteroatoms. The Morgan fingerprint density at radius 2 is 0.504 bits per heavy atom. The van der Waals surface area contributed by atoms with Crippen molar-refractivity contribution in [3.8, 4) is 123 Å². The van der Waals surface area contributed by atoms with Crippen molar-refractivity contribution in [1.29, 1.82) is 0 Å². The van der Waals surface area contributed by atoms with E-state index in [0.717, 1.165) is 73.4 Å². The number of halogens is 1. The van der Waals surface area contributed by atoms with E-state index in [4.69, 9.17) is 0 Å². The van der Waals surface area contributed by atoms with Crippen LogP contribution in [0.3, 0.4) is 0 Å². The van der Waals surface area contributed by atoms with Crippen LogP contribution in [-0.2, 0) is 10.8 Å². The highest BCUT2D eigenvalue weighted by molar-refractivity contribution is 6.22. The predicted octanol–water partition coefficient (Wildman–Crippen LogP) is 35.7. The van der Waals surface area contributed by atoms with Crippen LogP contribution in [0.2, 0.25) is 0 Å². The minimum absolute atomic E-state index is 0.126. The number of fused-ring (bicyclic) bond motifs is 13. The normalized spacial score (nSPS) is 12.6. The summed E-state index contributed by atoms with van der Waals surface area (Å²) in [4.78, 5) is 4.70. The van der Waals surface area contributed by atoms with Gasteiger partial charge in [-0.05, 0) is 243 Å². The first-order valence-electron chi connectivity index (χ1n) is 46.7. The Kier molecular flexibility index (Phi) is 20.1. The average molecular weight is 1730 g/mol. The molecule has 0 aliphatic heterocycles. The molecule has 0 fully saturated rings. The fourth-order valence-electron chi connectivity index (χ4n) is 21.8. The van der Waals surface area contributed by atoms with Crippen molar-refractivity contribution in [1.82, 2.24) is 9.13 Å². The summed E-state index contributed by atoms with van der Waals surface area (Å²) in [5.41, 5.74) is 40.0. The van der Waals surface area contributed by atoms with Gasteiger partial charge in [0.05, 0.1) is 28.1 Å². The fraction of sp³-hybridized carbons (Fsp3) is 0.0462. The smallest absolute Gasteiger partial charge is 0.123 e. The van der Waals surface area contributed by atoms with Gasteiger partial charge in [0.25, 0.3) is 0 Å². The second-order valence-electron chi connectivity index (χ2n) is 36.7. The Bertz CT molecular complexity index is 8450. The molecule has 0 amide bonds. The maximum Gasteiger partial charge on any atom is 0.123 e. The third-order valence-corrected chi connectivity index (χ3v) is 28.2. The van der Waals surface area contributed by atoms with Crippen molar-refractivity contribution in [3.63, 3.8) is 0 Å². The van der Waals surface area contributed by atoms with Gasteiger partial charge in [0.2, 0.25) is 0 Å². The first-order chi connectivity index (χ1) is 66.4. The number of hydrogen-bond donors (Lipinski definition) is 0. The summed E-state index contributed by atoms with van der Waals surface area (Å²) in [6, 6.07) is 177. The van der Waals surface area contributed by atoms with Crippen molar-refractivity contribution in [2.45, 2.75) is 38.5 Å². The Labute approximate surface area is 787 Å². The van der Waals surface area contributed by atoms with Crippen molar-refractivity contribution in [3.05, 3.63) is 519 Å². The molecule has 0 atom stereocenters. The summed E-state index contributed by atoms with van der Waals surface area (Å²) in [6.45, 7) is 9.34. The first-order valence-corrected chi connectivity index (χ1v) is 46.7. The lowest BCUT2D eigenvalue weighted by Gasteiger charge is -2.29. The molecule has 2 aliphatic rings. The van der Waals surface area contributed by atoms with Gasteiger partial charge in [0.1, 0.15) is 5.82 Å². The maximum atomic E-state index is 14.5. The Morgan fingerprint density at radius 3 is 0.926 bits per heavy atom. The molecular weight excluding hydrogens is 1640 g/mol. The second-order valence-corrected chi connectivity index (χ2v) is 36.7. The van der Waals surface area contributed by atoms with E-state index in [-0.39, 0.29) is 16.6 Å². The minimum atomic E-state index is -0.259. The molecule has 2 aromatic heterocycles. The molecule has 0 bridgehead atoms. The quantitative estimate of drug-likeness (QED) is 0.0959. The van der Waals surface area contributed by atoms with E-state index in [0.29, 0.717) is 0 Å². The highest BCUT2D eigenvalue weighted by Gasteiger charge is 2.39. The van der Waals surface area contributed by atoms with Crippen LogP contribution < -0.4 is 9.80 Å². The van der Waals surface area contributed by atoms with E-state index < -0.39 is 0 Å². The number of hydrogen-bond acceptors (Lipinski definition) is 2. The summed E-state index contributed by atoms with van der Waals surface area (Å²) in [7, 11) is 0. The summed E-state index contributed by atoms with van der Waals surface area (Å²) in [5, 5.41) is 9.59. The molecular formula is C130H93FN4. The van der Waals surface area contributed by atoms with Crippen molar-refractivity contribution < 1.29 is 4.39 Å². The topological polar surface area (TPSA) is 16.3 Å². The molecule has 4 nitrogen and oxygen atoms in total. The lowest BCUT2D eigenvalue weighted by molar-refractivity contribution is 0.628. The third kappa shape index (κ3) is 14.0. The van der Waals surface area contributed by atoms with E-state index in [9.17, 15) is 4.39 Å². The Hall–Kier alpha value is -17.0. The van der Waals surface area contributed by atoms with Crippen LogP contribution in [0.4, 0.5) is 38.5 Å². The predicted molar refractivity (Wildman–Crippen MR) is 567 cm³/mol. The largest absolute Gasteiger partial charge is 0.310 e. The number of aromatic nitrogens is 2. The second kappa shape index (κ2) is 33.4. The Morgan fingerprint density at radius 1 is 0.200 bits per heavy atom. The highest BCUT2D eigenvalue weighted by Crippen LogP contribution is 2.56. The average Bonchev–Trinajstić information content (AvgIpc) is 1.55. The number of nitrogens with zero attached hydrogens (tertiary/aromatic N) is 4. The summed E-state index contributed by atoms with van der Waals surface area (Å²) in [6.07, 6.45) is 0. The minimum Gasteiger partial charge on any atom is -0.310 e. The van der Waals surface area contributed by atoms with Crippen LogP contribution in [-0.4, -0.2) is 9.13 Å². The summed E-state index contributed by atoms with van der Waals surface area (Å²) < 4.78 is 19.5. The maximum absolute atomic E-state index is 14.5. The van der Waals surface area contributed by atoms with Gasteiger partial charge in [0.15, 0.2) is 0 Å². The number of anilines is 6. The zero-order chi connectivity index (χ0) is 90.4. The van der Waals surface area contributed by atoms with Crippen LogP contribution in [0, 0.1) is 5.82 Å². The van der Waals surface area contributed by atoms with Crippen LogP contribution in [0.25, 0.3) is 177 Å². The fourth-order valence-corrected chi connectivity index (χ4v) is 21.8. The van der Waals surface area contributed by atoms with Gasteiger partial charge in [-0.2, -0.15) is 0 Å². The van der Waals surface area contributed by atoms with E-state index in [1.54, 1.807) is 12.1 Å².